The van der Waals surface area contributed by atoms with Crippen molar-refractivity contribution in [1.29, 1.82) is 0 Å². The molecule has 0 spiro atoms. The molecular weight excluding hydrogens is 234 g/mol. The van der Waals surface area contributed by atoms with Crippen LogP contribution in [0.1, 0.15) is 20.8 Å². The number of carboxylic acids is 1. The predicted octanol–water partition coefficient (Wildman–Crippen LogP) is 0.689. The van der Waals surface area contributed by atoms with E-state index in [0.717, 1.165) is 6.54 Å². The van der Waals surface area contributed by atoms with Gasteiger partial charge < -0.3 is 20.2 Å². The normalized spacial score (nSPS) is 12.6. The van der Waals surface area contributed by atoms with Gasteiger partial charge in [0.05, 0.1) is 0 Å². The number of aliphatic carboxylic acids is 1. The molecule has 6 heteroatoms. The van der Waals surface area contributed by atoms with Gasteiger partial charge in [0.1, 0.15) is 6.04 Å². The van der Waals surface area contributed by atoms with Gasteiger partial charge in [-0.15, -0.1) is 0 Å². The Morgan fingerprint density at radius 1 is 1.17 bits per heavy atom. The molecule has 0 heterocycles. The molecule has 0 saturated carbocycles. The Bertz CT molecular complexity index is 280. The van der Waals surface area contributed by atoms with Crippen LogP contribution in [0.15, 0.2) is 0 Å². The molecule has 0 aromatic rings. The third-order valence-electron chi connectivity index (χ3n) is 2.40. The number of carbonyl (C=O) groups is 2. The van der Waals surface area contributed by atoms with Gasteiger partial charge in [0.2, 0.25) is 0 Å². The number of carbonyl (C=O) groups excluding carboxylic acids is 1. The number of urea groups is 1. The van der Waals surface area contributed by atoms with E-state index >= 15 is 0 Å². The molecule has 2 amide bonds. The van der Waals surface area contributed by atoms with Crippen molar-refractivity contribution in [3.8, 4) is 0 Å². The first-order chi connectivity index (χ1) is 8.23. The van der Waals surface area contributed by atoms with Crippen LogP contribution in [0.2, 0.25) is 0 Å². The van der Waals surface area contributed by atoms with E-state index in [1.165, 1.54) is 6.92 Å². The molecule has 18 heavy (non-hydrogen) atoms. The van der Waals surface area contributed by atoms with Gasteiger partial charge in [-0.3, -0.25) is 4.79 Å². The van der Waals surface area contributed by atoms with E-state index in [0.29, 0.717) is 19.0 Å². The molecule has 0 radical (unpaired) electrons. The van der Waals surface area contributed by atoms with Crippen molar-refractivity contribution in [2.45, 2.75) is 26.8 Å². The Morgan fingerprint density at radius 3 is 2.11 bits per heavy atom. The lowest BCUT2D eigenvalue weighted by atomic mass is 10.2. The van der Waals surface area contributed by atoms with Gasteiger partial charge in [-0.25, -0.2) is 4.79 Å². The molecule has 0 aromatic heterocycles. The number of nitrogens with zero attached hydrogens (tertiary/aromatic N) is 2. The highest BCUT2D eigenvalue weighted by molar-refractivity contribution is 5.82. The lowest BCUT2D eigenvalue weighted by Gasteiger charge is -2.27. The number of likely N-dealkylation sites (N-methyl/N-ethyl adjacent to an activating group) is 1. The Kier molecular flexibility index (Phi) is 7.35. The number of hydrogen-bond acceptors (Lipinski definition) is 3. The molecule has 1 atom stereocenters. The summed E-state index contributed by atoms with van der Waals surface area (Å²) in [6, 6.07) is -1.19. The van der Waals surface area contributed by atoms with Crippen molar-refractivity contribution in [2.75, 3.05) is 33.7 Å². The van der Waals surface area contributed by atoms with E-state index in [4.69, 9.17) is 5.11 Å². The summed E-state index contributed by atoms with van der Waals surface area (Å²) >= 11 is 0. The number of carboxylic acid groups (broad SMARTS) is 1. The fourth-order valence-corrected chi connectivity index (χ4v) is 1.38. The van der Waals surface area contributed by atoms with Gasteiger partial charge >= 0.3 is 12.0 Å². The zero-order valence-electron chi connectivity index (χ0n) is 11.9. The van der Waals surface area contributed by atoms with Gasteiger partial charge in [-0.1, -0.05) is 13.8 Å². The van der Waals surface area contributed by atoms with Crippen molar-refractivity contribution >= 4 is 12.0 Å². The average molecular weight is 259 g/mol. The first-order valence-corrected chi connectivity index (χ1v) is 6.17. The maximum absolute atomic E-state index is 11.9. The maximum Gasteiger partial charge on any atom is 0.325 e. The molecule has 0 unspecified atom stereocenters. The van der Waals surface area contributed by atoms with Gasteiger partial charge in [-0.05, 0) is 26.9 Å². The monoisotopic (exact) mass is 259 g/mol. The molecule has 0 aliphatic rings. The van der Waals surface area contributed by atoms with Crippen molar-refractivity contribution in [2.24, 2.45) is 5.92 Å². The van der Waals surface area contributed by atoms with Gasteiger partial charge in [-0.2, -0.15) is 0 Å². The Labute approximate surface area is 109 Å². The second-order valence-electron chi connectivity index (χ2n) is 5.15. The van der Waals surface area contributed by atoms with Crippen LogP contribution in [0.5, 0.6) is 0 Å². The van der Waals surface area contributed by atoms with Crippen LogP contribution < -0.4 is 5.32 Å². The average Bonchev–Trinajstić information content (AvgIpc) is 2.22. The summed E-state index contributed by atoms with van der Waals surface area (Å²) in [5, 5.41) is 11.2. The Morgan fingerprint density at radius 2 is 1.72 bits per heavy atom. The SMILES string of the molecule is CC(C)CN(CCN(C)C)C(=O)N[C@@H](C)C(=O)O. The number of hydrogen-bond donors (Lipinski definition) is 2. The zero-order valence-corrected chi connectivity index (χ0v) is 11.9. The lowest BCUT2D eigenvalue weighted by Crippen LogP contribution is -2.49. The van der Waals surface area contributed by atoms with Crippen LogP contribution in [-0.4, -0.2) is 66.7 Å². The number of nitrogens with one attached hydrogen (secondary N) is 1. The van der Waals surface area contributed by atoms with E-state index in [-0.39, 0.29) is 6.03 Å². The van der Waals surface area contributed by atoms with Crippen LogP contribution in [0.3, 0.4) is 0 Å². The summed E-state index contributed by atoms with van der Waals surface area (Å²) in [5.41, 5.74) is 0. The minimum absolute atomic E-state index is 0.319. The van der Waals surface area contributed by atoms with Gasteiger partial charge in [0.15, 0.2) is 0 Å². The van der Waals surface area contributed by atoms with Crippen LogP contribution in [0.25, 0.3) is 0 Å². The predicted molar refractivity (Wildman–Crippen MR) is 70.6 cm³/mol. The molecular formula is C12H25N3O3. The summed E-state index contributed by atoms with van der Waals surface area (Å²) in [5.74, 6) is -0.682. The highest BCUT2D eigenvalue weighted by Crippen LogP contribution is 2.00. The Hall–Kier alpha value is -1.30. The minimum Gasteiger partial charge on any atom is -0.480 e. The quantitative estimate of drug-likeness (QED) is 0.705. The highest BCUT2D eigenvalue weighted by atomic mass is 16.4. The molecule has 0 rings (SSSR count). The largest absolute Gasteiger partial charge is 0.480 e. The molecule has 0 saturated heterocycles. The zero-order chi connectivity index (χ0) is 14.3. The first kappa shape index (κ1) is 16.7. The van der Waals surface area contributed by atoms with Crippen molar-refractivity contribution in [3.05, 3.63) is 0 Å². The minimum atomic E-state index is -1.03. The molecule has 2 N–H and O–H groups in total. The van der Waals surface area contributed by atoms with Crippen LogP contribution in [-0.2, 0) is 4.79 Å². The topological polar surface area (TPSA) is 72.9 Å². The third kappa shape index (κ3) is 7.11. The molecule has 0 aliphatic carbocycles. The molecule has 0 fully saturated rings. The van der Waals surface area contributed by atoms with Crippen molar-refractivity contribution in [1.82, 2.24) is 15.1 Å². The summed E-state index contributed by atoms with van der Waals surface area (Å²) in [6.45, 7) is 7.46. The van der Waals surface area contributed by atoms with Crippen molar-refractivity contribution in [3.63, 3.8) is 0 Å². The summed E-state index contributed by atoms with van der Waals surface area (Å²) in [6.07, 6.45) is 0. The van der Waals surface area contributed by atoms with Crippen LogP contribution in [0.4, 0.5) is 4.79 Å². The summed E-state index contributed by atoms with van der Waals surface area (Å²) in [7, 11) is 3.87. The first-order valence-electron chi connectivity index (χ1n) is 6.17. The second kappa shape index (κ2) is 7.92. The van der Waals surface area contributed by atoms with E-state index in [9.17, 15) is 9.59 Å². The number of rotatable bonds is 7. The second-order valence-corrected chi connectivity index (χ2v) is 5.15. The van der Waals surface area contributed by atoms with Crippen LogP contribution >= 0.6 is 0 Å². The number of amides is 2. The summed E-state index contributed by atoms with van der Waals surface area (Å²) in [4.78, 5) is 26.3. The highest BCUT2D eigenvalue weighted by Gasteiger charge is 2.19. The molecule has 0 aromatic carbocycles. The van der Waals surface area contributed by atoms with E-state index in [1.54, 1.807) is 4.90 Å². The maximum atomic E-state index is 11.9. The van der Waals surface area contributed by atoms with Gasteiger partial charge in [0, 0.05) is 19.6 Å². The van der Waals surface area contributed by atoms with E-state index in [2.05, 4.69) is 5.32 Å². The molecule has 0 bridgehead atoms. The van der Waals surface area contributed by atoms with Crippen molar-refractivity contribution < 1.29 is 14.7 Å². The fourth-order valence-electron chi connectivity index (χ4n) is 1.38. The fraction of sp³-hybridized carbons (Fsp3) is 0.833. The lowest BCUT2D eigenvalue weighted by molar-refractivity contribution is -0.138. The standard InChI is InChI=1S/C12H25N3O3/c1-9(2)8-15(7-6-14(4)5)12(18)13-10(3)11(16)17/h9-10H,6-8H2,1-5H3,(H,13,18)(H,16,17)/t10-/m0/s1. The van der Waals surface area contributed by atoms with E-state index < -0.39 is 12.0 Å². The molecule has 106 valence electrons. The molecule has 6 nitrogen and oxygen atoms in total. The third-order valence-corrected chi connectivity index (χ3v) is 2.40. The summed E-state index contributed by atoms with van der Waals surface area (Å²) < 4.78 is 0. The Balaban J connectivity index is 4.43. The van der Waals surface area contributed by atoms with E-state index in [1.807, 2.05) is 32.8 Å². The molecule has 0 aliphatic heterocycles. The van der Waals surface area contributed by atoms with Gasteiger partial charge in [0.25, 0.3) is 0 Å². The van der Waals surface area contributed by atoms with Crippen LogP contribution in [0, 0.1) is 5.92 Å². The smallest absolute Gasteiger partial charge is 0.325 e.